The molecular formula is C17H20ClN3. The first-order valence-corrected chi connectivity index (χ1v) is 8.34. The fourth-order valence-electron chi connectivity index (χ4n) is 3.41. The van der Waals surface area contributed by atoms with Gasteiger partial charge in [-0.15, -0.1) is 11.6 Å². The van der Waals surface area contributed by atoms with E-state index in [0.29, 0.717) is 17.5 Å². The molecule has 21 heavy (non-hydrogen) atoms. The Hall–Kier alpha value is -1.53. The molecule has 2 aromatic rings. The van der Waals surface area contributed by atoms with E-state index in [9.17, 15) is 0 Å². The quantitative estimate of drug-likeness (QED) is 0.738. The van der Waals surface area contributed by atoms with Crippen molar-refractivity contribution in [3.8, 4) is 6.07 Å². The molecule has 110 valence electrons. The smallest absolute Gasteiger partial charge is 0.125 e. The van der Waals surface area contributed by atoms with Crippen LogP contribution >= 0.6 is 11.6 Å². The Balaban J connectivity index is 2.07. The van der Waals surface area contributed by atoms with Crippen LogP contribution in [0.4, 0.5) is 0 Å². The number of alkyl halides is 1. The van der Waals surface area contributed by atoms with Crippen LogP contribution in [0.25, 0.3) is 11.0 Å². The van der Waals surface area contributed by atoms with Crippen molar-refractivity contribution < 1.29 is 0 Å². The molecule has 1 aliphatic carbocycles. The molecule has 0 spiro atoms. The molecule has 1 aromatic heterocycles. The molecule has 0 atom stereocenters. The Morgan fingerprint density at radius 3 is 2.57 bits per heavy atom. The molecule has 1 heterocycles. The summed E-state index contributed by atoms with van der Waals surface area (Å²) in [6.45, 7) is 0. The van der Waals surface area contributed by atoms with Gasteiger partial charge in [0.25, 0.3) is 0 Å². The maximum absolute atomic E-state index is 9.14. The Kier molecular flexibility index (Phi) is 4.45. The second kappa shape index (κ2) is 6.49. The summed E-state index contributed by atoms with van der Waals surface area (Å²) in [5.41, 5.74) is 2.71. The van der Waals surface area contributed by atoms with Crippen molar-refractivity contribution in [3.63, 3.8) is 0 Å². The summed E-state index contributed by atoms with van der Waals surface area (Å²) in [7, 11) is 0. The highest BCUT2D eigenvalue weighted by atomic mass is 35.5. The lowest BCUT2D eigenvalue weighted by molar-refractivity contribution is 0.373. The van der Waals surface area contributed by atoms with Gasteiger partial charge in [0.05, 0.1) is 28.5 Å². The van der Waals surface area contributed by atoms with Crippen LogP contribution in [0.1, 0.15) is 62.4 Å². The van der Waals surface area contributed by atoms with Gasteiger partial charge in [-0.25, -0.2) is 4.98 Å². The van der Waals surface area contributed by atoms with Gasteiger partial charge in [0.1, 0.15) is 5.82 Å². The van der Waals surface area contributed by atoms with E-state index in [4.69, 9.17) is 16.9 Å². The predicted molar refractivity (Wildman–Crippen MR) is 85.4 cm³/mol. The van der Waals surface area contributed by atoms with Gasteiger partial charge in [-0.3, -0.25) is 0 Å². The van der Waals surface area contributed by atoms with Crippen molar-refractivity contribution in [2.75, 3.05) is 0 Å². The Bertz CT molecular complexity index is 660. The molecule has 1 aliphatic rings. The third-order valence-electron chi connectivity index (χ3n) is 4.45. The van der Waals surface area contributed by atoms with E-state index in [-0.39, 0.29) is 0 Å². The van der Waals surface area contributed by atoms with Crippen molar-refractivity contribution in [2.45, 2.75) is 56.9 Å². The van der Waals surface area contributed by atoms with E-state index in [1.165, 1.54) is 44.9 Å². The van der Waals surface area contributed by atoms with Gasteiger partial charge in [-0.2, -0.15) is 5.26 Å². The topological polar surface area (TPSA) is 41.6 Å². The van der Waals surface area contributed by atoms with Crippen molar-refractivity contribution in [2.24, 2.45) is 0 Å². The number of halogens is 1. The molecule has 0 aliphatic heterocycles. The lowest BCUT2D eigenvalue weighted by Gasteiger charge is -2.23. The van der Waals surface area contributed by atoms with Gasteiger partial charge >= 0.3 is 0 Å². The first kappa shape index (κ1) is 14.4. The minimum absolute atomic E-state index is 0.424. The van der Waals surface area contributed by atoms with Crippen LogP contribution in [0, 0.1) is 11.3 Å². The minimum Gasteiger partial charge on any atom is -0.324 e. The van der Waals surface area contributed by atoms with Crippen molar-refractivity contribution in [3.05, 3.63) is 29.6 Å². The van der Waals surface area contributed by atoms with E-state index >= 15 is 0 Å². The number of aromatic nitrogens is 2. The van der Waals surface area contributed by atoms with Crippen molar-refractivity contribution in [1.82, 2.24) is 9.55 Å². The molecule has 0 unspecified atom stereocenters. The highest BCUT2D eigenvalue weighted by molar-refractivity contribution is 6.16. The SMILES string of the molecule is N#Cc1ccc2nc(CCl)n(C3CCCCCCC3)c2c1. The lowest BCUT2D eigenvalue weighted by atomic mass is 9.96. The molecule has 0 saturated heterocycles. The Morgan fingerprint density at radius 2 is 1.90 bits per heavy atom. The molecule has 1 saturated carbocycles. The molecule has 0 radical (unpaired) electrons. The number of benzene rings is 1. The second-order valence-corrected chi connectivity index (χ2v) is 6.11. The highest BCUT2D eigenvalue weighted by Crippen LogP contribution is 2.32. The van der Waals surface area contributed by atoms with Gasteiger partial charge in [0.2, 0.25) is 0 Å². The van der Waals surface area contributed by atoms with Crippen LogP contribution in [0.3, 0.4) is 0 Å². The van der Waals surface area contributed by atoms with E-state index in [2.05, 4.69) is 15.6 Å². The minimum atomic E-state index is 0.424. The monoisotopic (exact) mass is 301 g/mol. The lowest BCUT2D eigenvalue weighted by Crippen LogP contribution is -2.13. The third kappa shape index (κ3) is 2.91. The predicted octanol–water partition coefficient (Wildman–Crippen LogP) is 4.93. The summed E-state index contributed by atoms with van der Waals surface area (Å²) in [5.74, 6) is 1.36. The van der Waals surface area contributed by atoms with Gasteiger partial charge in [-0.1, -0.05) is 32.1 Å². The molecule has 0 N–H and O–H groups in total. The number of nitrogens with zero attached hydrogens (tertiary/aromatic N) is 3. The van der Waals surface area contributed by atoms with Crippen LogP contribution in [0.15, 0.2) is 18.2 Å². The maximum atomic E-state index is 9.14. The summed E-state index contributed by atoms with van der Waals surface area (Å²) in [6, 6.07) is 8.41. The number of imidazole rings is 1. The summed E-state index contributed by atoms with van der Waals surface area (Å²) in [4.78, 5) is 4.66. The largest absolute Gasteiger partial charge is 0.324 e. The Morgan fingerprint density at radius 1 is 1.19 bits per heavy atom. The zero-order valence-electron chi connectivity index (χ0n) is 12.2. The fraction of sp³-hybridized carbons (Fsp3) is 0.529. The maximum Gasteiger partial charge on any atom is 0.125 e. The molecule has 0 bridgehead atoms. The molecule has 3 rings (SSSR count). The van der Waals surface area contributed by atoms with E-state index < -0.39 is 0 Å². The van der Waals surface area contributed by atoms with Crippen LogP contribution in [-0.4, -0.2) is 9.55 Å². The van der Waals surface area contributed by atoms with Crippen molar-refractivity contribution >= 4 is 22.6 Å². The van der Waals surface area contributed by atoms with E-state index in [0.717, 1.165) is 16.9 Å². The number of fused-ring (bicyclic) bond motifs is 1. The zero-order valence-corrected chi connectivity index (χ0v) is 12.9. The fourth-order valence-corrected chi connectivity index (χ4v) is 3.60. The number of rotatable bonds is 2. The van der Waals surface area contributed by atoms with Crippen LogP contribution in [0.2, 0.25) is 0 Å². The zero-order chi connectivity index (χ0) is 14.7. The van der Waals surface area contributed by atoms with E-state index in [1.54, 1.807) is 0 Å². The highest BCUT2D eigenvalue weighted by Gasteiger charge is 2.19. The number of nitriles is 1. The van der Waals surface area contributed by atoms with Gasteiger partial charge < -0.3 is 4.57 Å². The molecule has 1 aromatic carbocycles. The summed E-state index contributed by atoms with van der Waals surface area (Å²) in [5, 5.41) is 9.14. The Labute approximate surface area is 130 Å². The third-order valence-corrected chi connectivity index (χ3v) is 4.69. The number of hydrogen-bond donors (Lipinski definition) is 0. The first-order chi connectivity index (χ1) is 10.3. The normalized spacial score (nSPS) is 17.3. The van der Waals surface area contributed by atoms with Crippen LogP contribution in [-0.2, 0) is 5.88 Å². The molecule has 4 heteroatoms. The first-order valence-electron chi connectivity index (χ1n) is 7.80. The summed E-state index contributed by atoms with van der Waals surface area (Å²) >= 11 is 6.12. The molecule has 0 amide bonds. The van der Waals surface area contributed by atoms with Crippen molar-refractivity contribution in [1.29, 1.82) is 5.26 Å². The van der Waals surface area contributed by atoms with Gasteiger partial charge in [0.15, 0.2) is 0 Å². The van der Waals surface area contributed by atoms with E-state index in [1.807, 2.05) is 18.2 Å². The average Bonchev–Trinajstić information content (AvgIpc) is 2.84. The standard InChI is InChI=1S/C17H20ClN3/c18-11-17-20-15-9-8-13(12-19)10-16(15)21(17)14-6-4-2-1-3-5-7-14/h8-10,14H,1-7,11H2. The molecular weight excluding hydrogens is 282 g/mol. The second-order valence-electron chi connectivity index (χ2n) is 5.85. The van der Waals surface area contributed by atoms with Crippen LogP contribution < -0.4 is 0 Å². The van der Waals surface area contributed by atoms with Gasteiger partial charge in [-0.05, 0) is 31.0 Å². The molecule has 1 fully saturated rings. The van der Waals surface area contributed by atoms with Gasteiger partial charge in [0, 0.05) is 6.04 Å². The number of hydrogen-bond acceptors (Lipinski definition) is 2. The summed E-state index contributed by atoms with van der Waals surface area (Å²) < 4.78 is 2.30. The van der Waals surface area contributed by atoms with Crippen LogP contribution in [0.5, 0.6) is 0 Å². The molecule has 3 nitrogen and oxygen atoms in total. The summed E-state index contributed by atoms with van der Waals surface area (Å²) in [6.07, 6.45) is 8.91. The average molecular weight is 302 g/mol.